The number of amides is 1. The summed E-state index contributed by atoms with van der Waals surface area (Å²) in [5.41, 5.74) is 1.70. The van der Waals surface area contributed by atoms with E-state index in [1.54, 1.807) is 11.3 Å². The van der Waals surface area contributed by atoms with Gasteiger partial charge in [-0.05, 0) is 47.8 Å². The third-order valence-electron chi connectivity index (χ3n) is 3.49. The molecule has 0 bridgehead atoms. The molecule has 0 fully saturated rings. The van der Waals surface area contributed by atoms with Gasteiger partial charge in [0.25, 0.3) is 5.91 Å². The molecule has 1 amide bonds. The van der Waals surface area contributed by atoms with E-state index in [1.165, 1.54) is 0 Å². The number of furan rings is 1. The molecule has 3 rings (SSSR count). The van der Waals surface area contributed by atoms with Crippen molar-refractivity contribution in [3.8, 4) is 10.6 Å². The normalized spacial score (nSPS) is 10.5. The van der Waals surface area contributed by atoms with Crippen LogP contribution in [0.15, 0.2) is 58.3 Å². The molecule has 2 aromatic heterocycles. The summed E-state index contributed by atoms with van der Waals surface area (Å²) in [5, 5.41) is 4.89. The maximum absolute atomic E-state index is 12.2. The van der Waals surface area contributed by atoms with Gasteiger partial charge in [0.15, 0.2) is 0 Å². The fourth-order valence-electron chi connectivity index (χ4n) is 2.20. The number of nitrogens with zero attached hydrogens (tertiary/aromatic N) is 1. The van der Waals surface area contributed by atoms with E-state index in [0.717, 1.165) is 22.1 Å². The van der Waals surface area contributed by atoms with Crippen LogP contribution in [-0.4, -0.2) is 20.0 Å². The standard InChI is InChI=1S/C18H18N2O2S/c1-20(2)14-7-5-13(6-8-14)18(21)19-12-15-9-10-16(22-15)17-4-3-11-23-17/h3-11H,12H2,1-2H3,(H,19,21). The first-order chi connectivity index (χ1) is 11.1. The molecule has 23 heavy (non-hydrogen) atoms. The number of thiophene rings is 1. The van der Waals surface area contributed by atoms with Crippen molar-refractivity contribution in [2.45, 2.75) is 6.54 Å². The molecular formula is C18H18N2O2S. The van der Waals surface area contributed by atoms with Crippen LogP contribution in [0.3, 0.4) is 0 Å². The zero-order valence-corrected chi connectivity index (χ0v) is 13.9. The molecule has 1 N–H and O–H groups in total. The predicted octanol–water partition coefficient (Wildman–Crippen LogP) is 4.00. The monoisotopic (exact) mass is 326 g/mol. The van der Waals surface area contributed by atoms with Crippen LogP contribution in [0, 0.1) is 0 Å². The maximum atomic E-state index is 12.2. The zero-order valence-electron chi connectivity index (χ0n) is 13.1. The molecular weight excluding hydrogens is 308 g/mol. The lowest BCUT2D eigenvalue weighted by atomic mass is 10.2. The first-order valence-electron chi connectivity index (χ1n) is 7.31. The molecule has 2 heterocycles. The molecule has 0 aliphatic rings. The lowest BCUT2D eigenvalue weighted by molar-refractivity contribution is 0.0948. The van der Waals surface area contributed by atoms with Gasteiger partial charge in [-0.15, -0.1) is 11.3 Å². The van der Waals surface area contributed by atoms with Gasteiger partial charge in [0.2, 0.25) is 0 Å². The Morgan fingerprint density at radius 1 is 1.13 bits per heavy atom. The Labute approximate surface area is 139 Å². The minimum Gasteiger partial charge on any atom is -0.458 e. The highest BCUT2D eigenvalue weighted by Gasteiger charge is 2.09. The maximum Gasteiger partial charge on any atom is 0.251 e. The van der Waals surface area contributed by atoms with Crippen LogP contribution in [-0.2, 0) is 6.54 Å². The Bertz CT molecular complexity index is 774. The number of benzene rings is 1. The summed E-state index contributed by atoms with van der Waals surface area (Å²) in [4.78, 5) is 15.3. The van der Waals surface area contributed by atoms with Crippen molar-refractivity contribution in [1.29, 1.82) is 0 Å². The summed E-state index contributed by atoms with van der Waals surface area (Å²) in [6.07, 6.45) is 0. The number of rotatable bonds is 5. The number of hydrogen-bond donors (Lipinski definition) is 1. The molecule has 0 saturated carbocycles. The van der Waals surface area contributed by atoms with E-state index in [0.29, 0.717) is 12.1 Å². The average Bonchev–Trinajstić information content (AvgIpc) is 3.23. The van der Waals surface area contributed by atoms with Gasteiger partial charge >= 0.3 is 0 Å². The number of carbonyl (C=O) groups is 1. The highest BCUT2D eigenvalue weighted by atomic mass is 32.1. The third-order valence-corrected chi connectivity index (χ3v) is 4.38. The molecule has 1 aromatic carbocycles. The summed E-state index contributed by atoms with van der Waals surface area (Å²) in [6.45, 7) is 0.375. The van der Waals surface area contributed by atoms with E-state index in [-0.39, 0.29) is 5.91 Å². The van der Waals surface area contributed by atoms with Gasteiger partial charge in [-0.1, -0.05) is 6.07 Å². The number of anilines is 1. The predicted molar refractivity (Wildman–Crippen MR) is 94.0 cm³/mol. The van der Waals surface area contributed by atoms with Gasteiger partial charge in [-0.25, -0.2) is 0 Å². The summed E-state index contributed by atoms with van der Waals surface area (Å²) in [7, 11) is 3.94. The summed E-state index contributed by atoms with van der Waals surface area (Å²) in [6, 6.07) is 15.3. The lowest BCUT2D eigenvalue weighted by Gasteiger charge is -2.12. The van der Waals surface area contributed by atoms with Crippen molar-refractivity contribution in [2.75, 3.05) is 19.0 Å². The number of nitrogens with one attached hydrogen (secondary N) is 1. The largest absolute Gasteiger partial charge is 0.458 e. The Balaban J connectivity index is 1.60. The van der Waals surface area contributed by atoms with E-state index in [2.05, 4.69) is 5.32 Å². The van der Waals surface area contributed by atoms with E-state index in [4.69, 9.17) is 4.42 Å². The van der Waals surface area contributed by atoms with Crippen LogP contribution in [0.4, 0.5) is 5.69 Å². The summed E-state index contributed by atoms with van der Waals surface area (Å²) >= 11 is 1.63. The Morgan fingerprint density at radius 3 is 2.57 bits per heavy atom. The molecule has 0 unspecified atom stereocenters. The highest BCUT2D eigenvalue weighted by molar-refractivity contribution is 7.13. The minimum atomic E-state index is -0.107. The van der Waals surface area contributed by atoms with Crippen LogP contribution in [0.1, 0.15) is 16.1 Å². The summed E-state index contributed by atoms with van der Waals surface area (Å²) in [5.74, 6) is 1.47. The van der Waals surface area contributed by atoms with Crippen molar-refractivity contribution in [3.05, 3.63) is 65.2 Å². The van der Waals surface area contributed by atoms with Gasteiger partial charge in [0.1, 0.15) is 11.5 Å². The van der Waals surface area contributed by atoms with Crippen molar-refractivity contribution in [2.24, 2.45) is 0 Å². The van der Waals surface area contributed by atoms with Gasteiger partial charge in [-0.2, -0.15) is 0 Å². The minimum absolute atomic E-state index is 0.107. The smallest absolute Gasteiger partial charge is 0.251 e. The molecule has 3 aromatic rings. The Kier molecular flexibility index (Phi) is 4.48. The van der Waals surface area contributed by atoms with E-state index in [1.807, 2.05) is 72.9 Å². The fourth-order valence-corrected chi connectivity index (χ4v) is 2.89. The van der Waals surface area contributed by atoms with Crippen LogP contribution >= 0.6 is 11.3 Å². The Morgan fingerprint density at radius 2 is 1.91 bits per heavy atom. The highest BCUT2D eigenvalue weighted by Crippen LogP contribution is 2.26. The molecule has 0 spiro atoms. The fraction of sp³-hybridized carbons (Fsp3) is 0.167. The van der Waals surface area contributed by atoms with Crippen molar-refractivity contribution in [1.82, 2.24) is 5.32 Å². The molecule has 0 saturated heterocycles. The number of carbonyl (C=O) groups excluding carboxylic acids is 1. The molecule has 4 nitrogen and oxygen atoms in total. The van der Waals surface area contributed by atoms with E-state index in [9.17, 15) is 4.79 Å². The zero-order chi connectivity index (χ0) is 16.2. The van der Waals surface area contributed by atoms with Gasteiger partial charge < -0.3 is 14.6 Å². The van der Waals surface area contributed by atoms with Gasteiger partial charge in [0.05, 0.1) is 11.4 Å². The molecule has 118 valence electrons. The molecule has 0 atom stereocenters. The molecule has 0 radical (unpaired) electrons. The van der Waals surface area contributed by atoms with E-state index >= 15 is 0 Å². The second-order valence-electron chi connectivity index (χ2n) is 5.37. The van der Waals surface area contributed by atoms with Crippen LogP contribution < -0.4 is 10.2 Å². The summed E-state index contributed by atoms with van der Waals surface area (Å²) < 4.78 is 5.75. The van der Waals surface area contributed by atoms with Gasteiger partial charge in [-0.3, -0.25) is 4.79 Å². The SMILES string of the molecule is CN(C)c1ccc(C(=O)NCc2ccc(-c3cccs3)o2)cc1. The topological polar surface area (TPSA) is 45.5 Å². The number of hydrogen-bond acceptors (Lipinski definition) is 4. The lowest BCUT2D eigenvalue weighted by Crippen LogP contribution is -2.22. The second kappa shape index (κ2) is 6.71. The van der Waals surface area contributed by atoms with Crippen LogP contribution in [0.2, 0.25) is 0 Å². The van der Waals surface area contributed by atoms with Gasteiger partial charge in [0, 0.05) is 25.3 Å². The molecule has 0 aliphatic carbocycles. The first kappa shape index (κ1) is 15.4. The van der Waals surface area contributed by atoms with Crippen molar-refractivity contribution >= 4 is 22.9 Å². The molecule has 5 heteroatoms. The van der Waals surface area contributed by atoms with Crippen LogP contribution in [0.5, 0.6) is 0 Å². The van der Waals surface area contributed by atoms with Crippen LogP contribution in [0.25, 0.3) is 10.6 Å². The first-order valence-corrected chi connectivity index (χ1v) is 8.19. The van der Waals surface area contributed by atoms with Crippen molar-refractivity contribution < 1.29 is 9.21 Å². The molecule has 0 aliphatic heterocycles. The average molecular weight is 326 g/mol. The van der Waals surface area contributed by atoms with Crippen molar-refractivity contribution in [3.63, 3.8) is 0 Å². The quantitative estimate of drug-likeness (QED) is 0.771. The third kappa shape index (κ3) is 3.63. The van der Waals surface area contributed by atoms with E-state index < -0.39 is 0 Å². The Hall–Kier alpha value is -2.53. The second-order valence-corrected chi connectivity index (χ2v) is 6.31.